The Bertz CT molecular complexity index is 677. The number of halogens is 1. The number of hydrogen-bond donors (Lipinski definition) is 2. The molecule has 130 valence electrons. The Kier molecular flexibility index (Phi) is 5.66. The summed E-state index contributed by atoms with van der Waals surface area (Å²) in [7, 11) is 1.46. The second kappa shape index (κ2) is 7.53. The highest BCUT2D eigenvalue weighted by Gasteiger charge is 2.31. The Morgan fingerprint density at radius 2 is 2.12 bits per heavy atom. The molecule has 8 heteroatoms. The maximum absolute atomic E-state index is 12.2. The van der Waals surface area contributed by atoms with Crippen LogP contribution >= 0.6 is 11.6 Å². The summed E-state index contributed by atoms with van der Waals surface area (Å²) in [6.07, 6.45) is -0.367. The smallest absolute Gasteiger partial charge is 0.329 e. The first kappa shape index (κ1) is 18.1. The van der Waals surface area contributed by atoms with Crippen LogP contribution in [0.5, 0.6) is 5.75 Å². The van der Waals surface area contributed by atoms with Crippen molar-refractivity contribution in [1.29, 1.82) is 0 Å². The summed E-state index contributed by atoms with van der Waals surface area (Å²) in [6, 6.07) is 2.57. The highest BCUT2D eigenvalue weighted by atomic mass is 35.5. The number of esters is 1. The zero-order valence-electron chi connectivity index (χ0n) is 13.6. The fraction of sp³-hybridized carbons (Fsp3) is 0.438. The quantitative estimate of drug-likeness (QED) is 0.786. The molecular weight excluding hydrogens is 336 g/mol. The van der Waals surface area contributed by atoms with Crippen molar-refractivity contribution in [1.82, 2.24) is 5.32 Å². The summed E-state index contributed by atoms with van der Waals surface area (Å²) < 4.78 is 10.3. The molecule has 7 nitrogen and oxygen atoms in total. The lowest BCUT2D eigenvalue weighted by molar-refractivity contribution is -0.155. The average molecular weight is 355 g/mol. The van der Waals surface area contributed by atoms with Crippen LogP contribution in [0.15, 0.2) is 12.1 Å². The van der Waals surface area contributed by atoms with Gasteiger partial charge in [-0.15, -0.1) is 0 Å². The SMILES string of the molecule is COc1cc(Cl)c(C)cc1NC(=O)[C@H](C)OC(=O)[C@H]1CCC(=O)N1. The van der Waals surface area contributed by atoms with Crippen LogP contribution in [0.3, 0.4) is 0 Å². The summed E-state index contributed by atoms with van der Waals surface area (Å²) in [5.41, 5.74) is 1.20. The molecule has 0 spiro atoms. The van der Waals surface area contributed by atoms with Gasteiger partial charge in [-0.25, -0.2) is 4.79 Å². The van der Waals surface area contributed by atoms with Crippen LogP contribution in [-0.4, -0.2) is 37.0 Å². The minimum absolute atomic E-state index is 0.199. The van der Waals surface area contributed by atoms with Crippen molar-refractivity contribution >= 4 is 35.1 Å². The normalized spacial score (nSPS) is 17.8. The maximum Gasteiger partial charge on any atom is 0.329 e. The first-order valence-corrected chi connectivity index (χ1v) is 7.84. The number of aryl methyl sites for hydroxylation is 1. The monoisotopic (exact) mass is 354 g/mol. The Morgan fingerprint density at radius 1 is 1.42 bits per heavy atom. The molecule has 24 heavy (non-hydrogen) atoms. The van der Waals surface area contributed by atoms with Crippen LogP contribution in [0.4, 0.5) is 5.69 Å². The standard InChI is InChI=1S/C16H19ClN2O5/c1-8-6-12(13(23-3)7-10(8)17)19-15(21)9(2)24-16(22)11-4-5-14(20)18-11/h6-7,9,11H,4-5H2,1-3H3,(H,18,20)(H,19,21)/t9-,11+/m0/s1. The Morgan fingerprint density at radius 3 is 2.71 bits per heavy atom. The van der Waals surface area contributed by atoms with Crippen LogP contribution in [0.1, 0.15) is 25.3 Å². The molecule has 1 aromatic carbocycles. The van der Waals surface area contributed by atoms with Gasteiger partial charge >= 0.3 is 5.97 Å². The van der Waals surface area contributed by atoms with E-state index in [1.807, 2.05) is 0 Å². The van der Waals surface area contributed by atoms with Crippen molar-refractivity contribution in [2.75, 3.05) is 12.4 Å². The molecular formula is C16H19ClN2O5. The van der Waals surface area contributed by atoms with Crippen molar-refractivity contribution in [2.45, 2.75) is 38.8 Å². The molecule has 2 atom stereocenters. The number of carbonyl (C=O) groups excluding carboxylic acids is 3. The number of benzene rings is 1. The molecule has 1 aliphatic heterocycles. The minimum Gasteiger partial charge on any atom is -0.495 e. The zero-order chi connectivity index (χ0) is 17.9. The van der Waals surface area contributed by atoms with E-state index in [2.05, 4.69) is 10.6 Å². The molecule has 1 aromatic rings. The number of hydrogen-bond acceptors (Lipinski definition) is 5. The lowest BCUT2D eigenvalue weighted by atomic mass is 10.2. The van der Waals surface area contributed by atoms with Crippen molar-refractivity contribution in [2.24, 2.45) is 0 Å². The van der Waals surface area contributed by atoms with Gasteiger partial charge in [-0.05, 0) is 31.9 Å². The number of carbonyl (C=O) groups is 3. The van der Waals surface area contributed by atoms with Gasteiger partial charge in [0.25, 0.3) is 5.91 Å². The zero-order valence-corrected chi connectivity index (χ0v) is 14.4. The van der Waals surface area contributed by atoms with Crippen molar-refractivity contribution < 1.29 is 23.9 Å². The van der Waals surface area contributed by atoms with Gasteiger partial charge in [-0.1, -0.05) is 11.6 Å². The van der Waals surface area contributed by atoms with Crippen LogP contribution in [0.2, 0.25) is 5.02 Å². The molecule has 0 bridgehead atoms. The molecule has 1 saturated heterocycles. The van der Waals surface area contributed by atoms with E-state index in [4.69, 9.17) is 21.1 Å². The maximum atomic E-state index is 12.2. The molecule has 0 aliphatic carbocycles. The highest BCUT2D eigenvalue weighted by molar-refractivity contribution is 6.31. The van der Waals surface area contributed by atoms with Crippen LogP contribution in [0, 0.1) is 6.92 Å². The number of anilines is 1. The highest BCUT2D eigenvalue weighted by Crippen LogP contribution is 2.31. The van der Waals surface area contributed by atoms with Crippen molar-refractivity contribution in [3.05, 3.63) is 22.7 Å². The largest absolute Gasteiger partial charge is 0.495 e. The van der Waals surface area contributed by atoms with E-state index in [0.29, 0.717) is 22.9 Å². The second-order valence-corrected chi connectivity index (χ2v) is 5.94. The second-order valence-electron chi connectivity index (χ2n) is 5.53. The Balaban J connectivity index is 2.00. The van der Waals surface area contributed by atoms with Crippen molar-refractivity contribution in [3.8, 4) is 5.75 Å². The van der Waals surface area contributed by atoms with Crippen LogP contribution < -0.4 is 15.4 Å². The van der Waals surface area contributed by atoms with E-state index in [-0.39, 0.29) is 12.3 Å². The topological polar surface area (TPSA) is 93.7 Å². The Labute approximate surface area is 144 Å². The summed E-state index contributed by atoms with van der Waals surface area (Å²) in [6.45, 7) is 3.25. The molecule has 2 amide bonds. The van der Waals surface area contributed by atoms with Crippen molar-refractivity contribution in [3.63, 3.8) is 0 Å². The summed E-state index contributed by atoms with van der Waals surface area (Å²) in [4.78, 5) is 35.3. The molecule has 1 heterocycles. The minimum atomic E-state index is -1.02. The van der Waals surface area contributed by atoms with E-state index in [0.717, 1.165) is 5.56 Å². The van der Waals surface area contributed by atoms with E-state index in [1.165, 1.54) is 14.0 Å². The molecule has 1 fully saturated rings. The lowest BCUT2D eigenvalue weighted by Crippen LogP contribution is -2.39. The lowest BCUT2D eigenvalue weighted by Gasteiger charge is -2.17. The van der Waals surface area contributed by atoms with Crippen LogP contribution in [-0.2, 0) is 19.1 Å². The van der Waals surface area contributed by atoms with E-state index in [9.17, 15) is 14.4 Å². The van der Waals surface area contributed by atoms with E-state index in [1.54, 1.807) is 19.1 Å². The van der Waals surface area contributed by atoms with Gasteiger partial charge in [-0.2, -0.15) is 0 Å². The first-order chi connectivity index (χ1) is 11.3. The summed E-state index contributed by atoms with van der Waals surface area (Å²) in [5.74, 6) is -0.925. The third kappa shape index (κ3) is 4.17. The van der Waals surface area contributed by atoms with Gasteiger partial charge in [0, 0.05) is 17.5 Å². The molecule has 2 N–H and O–H groups in total. The summed E-state index contributed by atoms with van der Waals surface area (Å²) in [5, 5.41) is 5.66. The Hall–Kier alpha value is -2.28. The average Bonchev–Trinajstić information content (AvgIpc) is 2.97. The molecule has 1 aliphatic rings. The van der Waals surface area contributed by atoms with Gasteiger partial charge in [0.05, 0.1) is 12.8 Å². The number of ether oxygens (including phenoxy) is 2. The number of amides is 2. The molecule has 0 radical (unpaired) electrons. The summed E-state index contributed by atoms with van der Waals surface area (Å²) >= 11 is 6.02. The third-order valence-electron chi connectivity index (χ3n) is 3.68. The van der Waals surface area contributed by atoms with Crippen LogP contribution in [0.25, 0.3) is 0 Å². The number of methoxy groups -OCH3 is 1. The van der Waals surface area contributed by atoms with Gasteiger partial charge in [0.15, 0.2) is 6.10 Å². The molecule has 2 rings (SSSR count). The van der Waals surface area contributed by atoms with Gasteiger partial charge in [-0.3, -0.25) is 9.59 Å². The van der Waals surface area contributed by atoms with E-state index >= 15 is 0 Å². The van der Waals surface area contributed by atoms with Gasteiger partial charge in [0.2, 0.25) is 5.91 Å². The molecule has 0 aromatic heterocycles. The van der Waals surface area contributed by atoms with E-state index < -0.39 is 24.0 Å². The molecule has 0 unspecified atom stereocenters. The predicted octanol–water partition coefficient (Wildman–Crippen LogP) is 1.81. The number of rotatable bonds is 5. The molecule has 0 saturated carbocycles. The number of nitrogens with one attached hydrogen (secondary N) is 2. The fourth-order valence-electron chi connectivity index (χ4n) is 2.26. The van der Waals surface area contributed by atoms with Gasteiger partial charge < -0.3 is 20.1 Å². The van der Waals surface area contributed by atoms with Gasteiger partial charge in [0.1, 0.15) is 11.8 Å². The first-order valence-electron chi connectivity index (χ1n) is 7.46. The fourth-order valence-corrected chi connectivity index (χ4v) is 2.42. The predicted molar refractivity (Wildman–Crippen MR) is 88.1 cm³/mol. The third-order valence-corrected chi connectivity index (χ3v) is 4.09.